The van der Waals surface area contributed by atoms with Gasteiger partial charge in [0.2, 0.25) is 11.8 Å². The number of rotatable bonds is 6. The van der Waals surface area contributed by atoms with Crippen molar-refractivity contribution in [3.63, 3.8) is 0 Å². The highest BCUT2D eigenvalue weighted by Gasteiger charge is 2.40. The molecule has 2 unspecified atom stereocenters. The molecule has 0 aliphatic carbocycles. The molecule has 0 saturated carbocycles. The molecule has 0 spiro atoms. The predicted octanol–water partition coefficient (Wildman–Crippen LogP) is 1.16. The smallest absolute Gasteiger partial charge is 0.269 e. The average Bonchev–Trinajstić information content (AvgIpc) is 3.64. The van der Waals surface area contributed by atoms with Gasteiger partial charge in [-0.15, -0.1) is 0 Å². The Morgan fingerprint density at radius 3 is 2.68 bits per heavy atom. The molecule has 15 heteroatoms. The largest absolute Gasteiger partial charge is 0.364 e. The normalized spacial score (nSPS) is 16.9. The summed E-state index contributed by atoms with van der Waals surface area (Å²) in [6.45, 7) is 1.08. The van der Waals surface area contributed by atoms with E-state index in [0.29, 0.717) is 27.8 Å². The number of halogens is 1. The van der Waals surface area contributed by atoms with E-state index >= 15 is 0 Å². The van der Waals surface area contributed by atoms with E-state index in [4.69, 9.17) is 5.73 Å². The molecule has 3 amide bonds. The number of carbonyl (C=O) groups excluding carboxylic acids is 3. The number of amides is 3. The summed E-state index contributed by atoms with van der Waals surface area (Å²) >= 11 is 0. The minimum Gasteiger partial charge on any atom is -0.364 e. The monoisotopic (exact) mass is 557 g/mol. The first kappa shape index (κ1) is 25.9. The molecule has 5 aromatic rings. The van der Waals surface area contributed by atoms with Crippen molar-refractivity contribution in [2.75, 3.05) is 11.9 Å². The van der Waals surface area contributed by atoms with Gasteiger partial charge in [0.25, 0.3) is 5.91 Å². The van der Waals surface area contributed by atoms with Gasteiger partial charge in [0, 0.05) is 24.4 Å². The fourth-order valence-electron chi connectivity index (χ4n) is 5.08. The first-order valence-electron chi connectivity index (χ1n) is 12.7. The van der Waals surface area contributed by atoms with Gasteiger partial charge in [-0.25, -0.2) is 14.4 Å². The number of hydrogen-bond acceptors (Lipinski definition) is 9. The van der Waals surface area contributed by atoms with Crippen molar-refractivity contribution in [2.24, 2.45) is 12.8 Å². The number of anilines is 1. The molecule has 14 nitrogen and oxygen atoms in total. The maximum atomic E-state index is 14.6. The number of likely N-dealkylation sites (tertiary alicyclic amines) is 1. The van der Waals surface area contributed by atoms with Gasteiger partial charge >= 0.3 is 0 Å². The molecule has 208 valence electrons. The summed E-state index contributed by atoms with van der Waals surface area (Å²) in [5, 5.41) is 19.8. The molecule has 1 aromatic carbocycles. The molecule has 0 radical (unpaired) electrons. The number of fused-ring (bicyclic) bond motifs is 2. The molecule has 4 aromatic heterocycles. The Labute approximate surface area is 231 Å². The number of nitrogens with one attached hydrogen (secondary N) is 1. The Kier molecular flexibility index (Phi) is 6.32. The Morgan fingerprint density at radius 1 is 1.10 bits per heavy atom. The van der Waals surface area contributed by atoms with Gasteiger partial charge in [-0.05, 0) is 30.7 Å². The van der Waals surface area contributed by atoms with E-state index in [-0.39, 0.29) is 31.0 Å². The lowest BCUT2D eigenvalue weighted by molar-refractivity contribution is -0.137. The van der Waals surface area contributed by atoms with Crippen LogP contribution < -0.4 is 11.1 Å². The van der Waals surface area contributed by atoms with Crippen LogP contribution in [0.4, 0.5) is 10.2 Å². The van der Waals surface area contributed by atoms with E-state index in [9.17, 15) is 18.8 Å². The topological polar surface area (TPSA) is 180 Å². The lowest BCUT2D eigenvalue weighted by Gasteiger charge is -2.23. The summed E-state index contributed by atoms with van der Waals surface area (Å²) in [4.78, 5) is 48.8. The SMILES string of the molecule is Cc1nc(NC(=O)C2CC(F)CN2C(=O)Cn2nc(C(N)=O)c3cc(-c4ccnnc4)ccc32)c2cnn(C)c2n1. The minimum atomic E-state index is -1.40. The first-order valence-corrected chi connectivity index (χ1v) is 12.7. The summed E-state index contributed by atoms with van der Waals surface area (Å²) < 4.78 is 17.5. The quantitative estimate of drug-likeness (QED) is 0.310. The van der Waals surface area contributed by atoms with Crippen molar-refractivity contribution in [3.05, 3.63) is 54.4 Å². The first-order chi connectivity index (χ1) is 19.7. The molecule has 1 aliphatic heterocycles. The van der Waals surface area contributed by atoms with Gasteiger partial charge in [-0.3, -0.25) is 23.7 Å². The number of aromatic nitrogens is 8. The summed E-state index contributed by atoms with van der Waals surface area (Å²) in [6, 6.07) is 5.91. The number of nitrogens with zero attached hydrogens (tertiary/aromatic N) is 9. The van der Waals surface area contributed by atoms with Crippen LogP contribution in [0.5, 0.6) is 0 Å². The van der Waals surface area contributed by atoms with Gasteiger partial charge in [0.1, 0.15) is 30.4 Å². The van der Waals surface area contributed by atoms with Crippen LogP contribution in [0.3, 0.4) is 0 Å². The molecule has 5 heterocycles. The zero-order valence-corrected chi connectivity index (χ0v) is 22.0. The van der Waals surface area contributed by atoms with Crippen LogP contribution in [0.2, 0.25) is 0 Å². The van der Waals surface area contributed by atoms with Crippen LogP contribution in [0.15, 0.2) is 42.9 Å². The zero-order valence-electron chi connectivity index (χ0n) is 22.0. The van der Waals surface area contributed by atoms with E-state index in [1.54, 1.807) is 55.3 Å². The molecule has 1 aliphatic rings. The van der Waals surface area contributed by atoms with Gasteiger partial charge in [0.05, 0.1) is 36.0 Å². The van der Waals surface area contributed by atoms with Crippen LogP contribution >= 0.6 is 0 Å². The minimum absolute atomic E-state index is 0.0182. The average molecular weight is 558 g/mol. The summed E-state index contributed by atoms with van der Waals surface area (Å²) in [6.07, 6.45) is 3.08. The molecule has 6 rings (SSSR count). The second-order valence-electron chi connectivity index (χ2n) is 9.74. The van der Waals surface area contributed by atoms with Crippen LogP contribution in [0.1, 0.15) is 22.7 Å². The lowest BCUT2D eigenvalue weighted by atomic mass is 10.0. The zero-order chi connectivity index (χ0) is 28.8. The van der Waals surface area contributed by atoms with Gasteiger partial charge in [-0.1, -0.05) is 6.07 Å². The Bertz CT molecular complexity index is 1840. The van der Waals surface area contributed by atoms with Crippen molar-refractivity contribution < 1.29 is 18.8 Å². The molecule has 3 N–H and O–H groups in total. The second-order valence-corrected chi connectivity index (χ2v) is 9.74. The summed E-state index contributed by atoms with van der Waals surface area (Å²) in [5.41, 5.74) is 8.09. The van der Waals surface area contributed by atoms with Crippen LogP contribution in [0.25, 0.3) is 33.1 Å². The summed E-state index contributed by atoms with van der Waals surface area (Å²) in [7, 11) is 1.71. The predicted molar refractivity (Wildman–Crippen MR) is 144 cm³/mol. The maximum Gasteiger partial charge on any atom is 0.269 e. The van der Waals surface area contributed by atoms with Crippen molar-refractivity contribution in [3.8, 4) is 11.1 Å². The highest BCUT2D eigenvalue weighted by Crippen LogP contribution is 2.28. The van der Waals surface area contributed by atoms with Crippen molar-refractivity contribution in [1.82, 2.24) is 44.6 Å². The third kappa shape index (κ3) is 4.70. The number of carbonyl (C=O) groups is 3. The lowest BCUT2D eigenvalue weighted by Crippen LogP contribution is -2.44. The Balaban J connectivity index is 1.27. The van der Waals surface area contributed by atoms with Crippen LogP contribution in [-0.2, 0) is 23.2 Å². The standard InChI is InChI=1S/C26H24FN11O3/c1-13-32-24(18-10-31-36(2)25(18)33-13)34-26(41)20-8-16(27)11-37(20)21(39)12-38-19-4-3-14(15-5-6-29-30-9-15)7-17(19)22(35-38)23(28)40/h3-7,9-10,16,20H,8,11-12H2,1-2H3,(H2,28,40)(H,32,33,34,41). The van der Waals surface area contributed by atoms with E-state index in [1.807, 2.05) is 0 Å². The van der Waals surface area contributed by atoms with Crippen molar-refractivity contribution >= 4 is 45.5 Å². The molecule has 41 heavy (non-hydrogen) atoms. The molecule has 0 bridgehead atoms. The van der Waals surface area contributed by atoms with Crippen LogP contribution in [-0.4, -0.2) is 81.1 Å². The molecule has 1 fully saturated rings. The number of aryl methyl sites for hydroxylation is 2. The number of hydrogen-bond donors (Lipinski definition) is 2. The van der Waals surface area contributed by atoms with E-state index in [1.165, 1.54) is 15.8 Å². The Hall–Kier alpha value is -5.34. The number of alkyl halides is 1. The van der Waals surface area contributed by atoms with Crippen LogP contribution in [0, 0.1) is 6.92 Å². The summed E-state index contributed by atoms with van der Waals surface area (Å²) in [5.74, 6) is -1.25. The number of benzene rings is 1. The fraction of sp³-hybridized carbons (Fsp3) is 0.269. The van der Waals surface area contributed by atoms with Crippen molar-refractivity contribution in [1.29, 1.82) is 0 Å². The second kappa shape index (κ2) is 10.0. The van der Waals surface area contributed by atoms with Gasteiger partial charge in [-0.2, -0.15) is 20.4 Å². The highest BCUT2D eigenvalue weighted by molar-refractivity contribution is 6.06. The maximum absolute atomic E-state index is 14.6. The van der Waals surface area contributed by atoms with Gasteiger partial charge < -0.3 is 16.0 Å². The number of nitrogens with two attached hydrogens (primary N) is 1. The Morgan fingerprint density at radius 2 is 1.93 bits per heavy atom. The van der Waals surface area contributed by atoms with Gasteiger partial charge in [0.15, 0.2) is 11.3 Å². The highest BCUT2D eigenvalue weighted by atomic mass is 19.1. The fourth-order valence-corrected chi connectivity index (χ4v) is 5.08. The van der Waals surface area contributed by atoms with E-state index in [0.717, 1.165) is 11.1 Å². The molecule has 1 saturated heterocycles. The third-order valence-corrected chi connectivity index (χ3v) is 7.01. The number of primary amides is 1. The third-order valence-electron chi connectivity index (χ3n) is 7.01. The molecule has 2 atom stereocenters. The van der Waals surface area contributed by atoms with Crippen molar-refractivity contribution in [2.45, 2.75) is 32.1 Å². The molecular weight excluding hydrogens is 533 g/mol. The van der Waals surface area contributed by atoms with E-state index < -0.39 is 29.9 Å². The molecular formula is C26H24FN11O3. The van der Waals surface area contributed by atoms with E-state index in [2.05, 4.69) is 35.7 Å².